The first-order chi connectivity index (χ1) is 7.89. The van der Waals surface area contributed by atoms with Crippen LogP contribution < -0.4 is 0 Å². The van der Waals surface area contributed by atoms with Crippen LogP contribution in [-0.2, 0) is 23.7 Å². The lowest BCUT2D eigenvalue weighted by atomic mass is 10.1. The Morgan fingerprint density at radius 3 is 2.47 bits per heavy atom. The van der Waals surface area contributed by atoms with Crippen LogP contribution in [0, 0.1) is 0 Å². The summed E-state index contributed by atoms with van der Waals surface area (Å²) in [5, 5.41) is 0. The van der Waals surface area contributed by atoms with Gasteiger partial charge in [0.15, 0.2) is 6.10 Å². The first kappa shape index (κ1) is 13.8. The molecule has 0 saturated carbocycles. The van der Waals surface area contributed by atoms with E-state index in [1.165, 1.54) is 14.2 Å². The van der Waals surface area contributed by atoms with Gasteiger partial charge in [0.2, 0.25) is 0 Å². The van der Waals surface area contributed by atoms with Gasteiger partial charge in [-0.05, 0) is 20.8 Å². The molecule has 0 saturated heterocycles. The highest BCUT2D eigenvalue weighted by atomic mass is 16.7. The van der Waals surface area contributed by atoms with Crippen molar-refractivity contribution in [3.63, 3.8) is 0 Å². The normalized spacial score (nSPS) is 17.7. The Balaban J connectivity index is 2.94. The summed E-state index contributed by atoms with van der Waals surface area (Å²) in [6.45, 7) is 6.14. The Hall–Kier alpha value is -1.23. The van der Waals surface area contributed by atoms with Crippen LogP contribution in [-0.4, -0.2) is 38.5 Å². The molecule has 0 fully saturated rings. The molecule has 98 valence electrons. The van der Waals surface area contributed by atoms with Crippen molar-refractivity contribution in [2.75, 3.05) is 20.8 Å². The molecule has 0 radical (unpaired) electrons. The molecule has 0 aromatic carbocycles. The van der Waals surface area contributed by atoms with E-state index in [4.69, 9.17) is 18.9 Å². The van der Waals surface area contributed by atoms with Crippen LogP contribution in [0.4, 0.5) is 0 Å². The number of carbonyl (C=O) groups excluding carboxylic acids is 1. The number of hydrogen-bond donors (Lipinski definition) is 0. The second kappa shape index (κ2) is 5.40. The summed E-state index contributed by atoms with van der Waals surface area (Å²) in [5.41, 5.74) is 0.252. The summed E-state index contributed by atoms with van der Waals surface area (Å²) in [6.07, 6.45) is -0.156. The molecule has 1 aliphatic heterocycles. The number of esters is 1. The zero-order valence-corrected chi connectivity index (χ0v) is 11.0. The lowest BCUT2D eigenvalue weighted by Gasteiger charge is -2.26. The third-order valence-electron chi connectivity index (χ3n) is 2.26. The van der Waals surface area contributed by atoms with Gasteiger partial charge in [-0.15, -0.1) is 0 Å². The molecule has 5 nitrogen and oxygen atoms in total. The highest BCUT2D eigenvalue weighted by Crippen LogP contribution is 2.28. The molecule has 1 atom stereocenters. The SMILES string of the molecule is COC(=O)C(OC(C)(C)C)C1=C(OC)OCC1. The number of rotatable bonds is 4. The second-order valence-electron chi connectivity index (χ2n) is 4.75. The Labute approximate surface area is 102 Å². The van der Waals surface area contributed by atoms with Gasteiger partial charge in [-0.25, -0.2) is 4.79 Å². The summed E-state index contributed by atoms with van der Waals surface area (Å²) < 4.78 is 20.8. The van der Waals surface area contributed by atoms with Gasteiger partial charge in [0.1, 0.15) is 0 Å². The third kappa shape index (κ3) is 3.63. The topological polar surface area (TPSA) is 54.0 Å². The number of methoxy groups -OCH3 is 2. The maximum Gasteiger partial charge on any atom is 0.339 e. The van der Waals surface area contributed by atoms with E-state index in [0.717, 1.165) is 0 Å². The number of ether oxygens (including phenoxy) is 4. The molecular weight excluding hydrogens is 224 g/mol. The van der Waals surface area contributed by atoms with E-state index < -0.39 is 17.7 Å². The molecule has 0 bridgehead atoms. The van der Waals surface area contributed by atoms with Gasteiger partial charge in [-0.3, -0.25) is 0 Å². The zero-order valence-electron chi connectivity index (χ0n) is 11.0. The van der Waals surface area contributed by atoms with Crippen molar-refractivity contribution in [3.05, 3.63) is 11.5 Å². The maximum atomic E-state index is 11.7. The molecule has 1 unspecified atom stereocenters. The van der Waals surface area contributed by atoms with Crippen LogP contribution >= 0.6 is 0 Å². The van der Waals surface area contributed by atoms with Crippen molar-refractivity contribution in [3.8, 4) is 0 Å². The first-order valence-corrected chi connectivity index (χ1v) is 5.54. The fourth-order valence-corrected chi connectivity index (χ4v) is 1.60. The molecule has 0 aliphatic carbocycles. The average molecular weight is 244 g/mol. The minimum absolute atomic E-state index is 0.365. The molecular formula is C12H20O5. The summed E-state index contributed by atoms with van der Waals surface area (Å²) >= 11 is 0. The highest BCUT2D eigenvalue weighted by Gasteiger charge is 2.35. The van der Waals surface area contributed by atoms with Crippen LogP contribution in [0.3, 0.4) is 0 Å². The predicted molar refractivity (Wildman–Crippen MR) is 61.2 cm³/mol. The van der Waals surface area contributed by atoms with Crippen molar-refractivity contribution in [2.24, 2.45) is 0 Å². The van der Waals surface area contributed by atoms with E-state index in [9.17, 15) is 4.79 Å². The summed E-state index contributed by atoms with van der Waals surface area (Å²) in [4.78, 5) is 11.7. The van der Waals surface area contributed by atoms with Gasteiger partial charge in [0.25, 0.3) is 5.95 Å². The van der Waals surface area contributed by atoms with E-state index in [1.807, 2.05) is 20.8 Å². The minimum atomic E-state index is -0.766. The van der Waals surface area contributed by atoms with E-state index in [2.05, 4.69) is 0 Å². The molecule has 1 rings (SSSR count). The van der Waals surface area contributed by atoms with E-state index in [0.29, 0.717) is 24.5 Å². The van der Waals surface area contributed by atoms with Crippen LogP contribution in [0.15, 0.2) is 11.5 Å². The van der Waals surface area contributed by atoms with Gasteiger partial charge in [-0.1, -0.05) is 0 Å². The molecule has 0 N–H and O–H groups in total. The van der Waals surface area contributed by atoms with Crippen molar-refractivity contribution < 1.29 is 23.7 Å². The molecule has 0 spiro atoms. The number of carbonyl (C=O) groups is 1. The Bertz CT molecular complexity index is 313. The molecule has 0 aromatic rings. The summed E-state index contributed by atoms with van der Waals surface area (Å²) in [5.74, 6) is -0.0698. The van der Waals surface area contributed by atoms with E-state index in [-0.39, 0.29) is 0 Å². The largest absolute Gasteiger partial charge is 0.469 e. The zero-order chi connectivity index (χ0) is 13.1. The second-order valence-corrected chi connectivity index (χ2v) is 4.75. The average Bonchev–Trinajstić information content (AvgIpc) is 2.71. The Morgan fingerprint density at radius 2 is 2.00 bits per heavy atom. The quantitative estimate of drug-likeness (QED) is 0.703. The van der Waals surface area contributed by atoms with Gasteiger partial charge in [0, 0.05) is 6.42 Å². The van der Waals surface area contributed by atoms with Gasteiger partial charge < -0.3 is 18.9 Å². The van der Waals surface area contributed by atoms with E-state index in [1.54, 1.807) is 0 Å². The van der Waals surface area contributed by atoms with Crippen LogP contribution in [0.5, 0.6) is 0 Å². The lowest BCUT2D eigenvalue weighted by Crippen LogP contribution is -2.35. The monoisotopic (exact) mass is 244 g/mol. The minimum Gasteiger partial charge on any atom is -0.469 e. The van der Waals surface area contributed by atoms with Crippen molar-refractivity contribution in [2.45, 2.75) is 38.9 Å². The standard InChI is InChI=1S/C12H20O5/c1-12(2,3)17-9(10(13)14-4)8-6-7-16-11(8)15-5/h9H,6-7H2,1-5H3. The molecule has 17 heavy (non-hydrogen) atoms. The maximum absolute atomic E-state index is 11.7. The molecule has 0 amide bonds. The summed E-state index contributed by atoms with van der Waals surface area (Å²) in [6, 6.07) is 0. The van der Waals surface area contributed by atoms with Gasteiger partial charge in [-0.2, -0.15) is 0 Å². The smallest absolute Gasteiger partial charge is 0.339 e. The molecule has 1 heterocycles. The fourth-order valence-electron chi connectivity index (χ4n) is 1.60. The van der Waals surface area contributed by atoms with Crippen molar-refractivity contribution in [1.82, 2.24) is 0 Å². The Kier molecular flexibility index (Phi) is 4.40. The van der Waals surface area contributed by atoms with Gasteiger partial charge >= 0.3 is 5.97 Å². The first-order valence-electron chi connectivity index (χ1n) is 5.54. The predicted octanol–water partition coefficient (Wildman–Crippen LogP) is 1.62. The van der Waals surface area contributed by atoms with Gasteiger partial charge in [0.05, 0.1) is 32.0 Å². The third-order valence-corrected chi connectivity index (χ3v) is 2.26. The molecule has 1 aliphatic rings. The highest BCUT2D eigenvalue weighted by molar-refractivity contribution is 5.78. The fraction of sp³-hybridized carbons (Fsp3) is 0.750. The molecule has 0 aromatic heterocycles. The van der Waals surface area contributed by atoms with Crippen molar-refractivity contribution >= 4 is 5.97 Å². The lowest BCUT2D eigenvalue weighted by molar-refractivity contribution is -0.159. The summed E-state index contributed by atoms with van der Waals surface area (Å²) in [7, 11) is 2.84. The van der Waals surface area contributed by atoms with E-state index >= 15 is 0 Å². The number of hydrogen-bond acceptors (Lipinski definition) is 5. The van der Waals surface area contributed by atoms with Crippen LogP contribution in [0.2, 0.25) is 0 Å². The Morgan fingerprint density at radius 1 is 1.35 bits per heavy atom. The van der Waals surface area contributed by atoms with Crippen LogP contribution in [0.1, 0.15) is 27.2 Å². The van der Waals surface area contributed by atoms with Crippen LogP contribution in [0.25, 0.3) is 0 Å². The molecule has 5 heteroatoms. The van der Waals surface area contributed by atoms with Crippen molar-refractivity contribution in [1.29, 1.82) is 0 Å².